The minimum atomic E-state index is -1.13. The molecule has 2 unspecified atom stereocenters. The highest BCUT2D eigenvalue weighted by Crippen LogP contribution is 2.19. The van der Waals surface area contributed by atoms with Crippen LogP contribution in [-0.4, -0.2) is 16.3 Å². The molecule has 4 heteroatoms. The van der Waals surface area contributed by atoms with Gasteiger partial charge in [0.15, 0.2) is 0 Å². The Hall–Kier alpha value is -1.88. The quantitative estimate of drug-likeness (QED) is 0.761. The van der Waals surface area contributed by atoms with Crippen molar-refractivity contribution in [2.24, 2.45) is 0 Å². The lowest BCUT2D eigenvalue weighted by Crippen LogP contribution is -2.17. The molecular formula is C11H10N2O2. The summed E-state index contributed by atoms with van der Waals surface area (Å²) < 4.78 is 0. The van der Waals surface area contributed by atoms with Gasteiger partial charge in [-0.15, -0.1) is 0 Å². The molecule has 0 aliphatic rings. The van der Waals surface area contributed by atoms with Gasteiger partial charge >= 0.3 is 0 Å². The van der Waals surface area contributed by atoms with Gasteiger partial charge in [-0.25, -0.2) is 0 Å². The SMILES string of the molecule is N#CCC(O)C(O)c1cccc(C#N)c1. The van der Waals surface area contributed by atoms with Gasteiger partial charge in [-0.2, -0.15) is 10.5 Å². The summed E-state index contributed by atoms with van der Waals surface area (Å²) in [6.45, 7) is 0. The van der Waals surface area contributed by atoms with Crippen molar-refractivity contribution in [2.75, 3.05) is 0 Å². The van der Waals surface area contributed by atoms with Crippen LogP contribution in [0.15, 0.2) is 24.3 Å². The molecule has 0 bridgehead atoms. The van der Waals surface area contributed by atoms with E-state index in [1.807, 2.05) is 6.07 Å². The molecule has 15 heavy (non-hydrogen) atoms. The zero-order valence-electron chi connectivity index (χ0n) is 7.96. The minimum Gasteiger partial charge on any atom is -0.389 e. The number of benzene rings is 1. The van der Waals surface area contributed by atoms with E-state index in [1.165, 1.54) is 6.07 Å². The van der Waals surface area contributed by atoms with Gasteiger partial charge in [-0.05, 0) is 17.7 Å². The molecule has 2 N–H and O–H groups in total. The van der Waals surface area contributed by atoms with E-state index in [4.69, 9.17) is 10.5 Å². The van der Waals surface area contributed by atoms with Crippen LogP contribution in [0.4, 0.5) is 0 Å². The van der Waals surface area contributed by atoms with Gasteiger partial charge in [0.25, 0.3) is 0 Å². The summed E-state index contributed by atoms with van der Waals surface area (Å²) in [4.78, 5) is 0. The molecule has 0 saturated carbocycles. The molecular weight excluding hydrogens is 192 g/mol. The number of aliphatic hydroxyl groups is 2. The second-order valence-corrected chi connectivity index (χ2v) is 3.11. The first kappa shape index (κ1) is 11.2. The Morgan fingerprint density at radius 3 is 2.60 bits per heavy atom. The van der Waals surface area contributed by atoms with Gasteiger partial charge in [-0.1, -0.05) is 12.1 Å². The van der Waals surface area contributed by atoms with Crippen molar-refractivity contribution in [1.82, 2.24) is 0 Å². The maximum absolute atomic E-state index is 9.63. The third kappa shape index (κ3) is 2.78. The predicted molar refractivity (Wildman–Crippen MR) is 52.4 cm³/mol. The van der Waals surface area contributed by atoms with Crippen LogP contribution in [-0.2, 0) is 0 Å². The normalized spacial score (nSPS) is 13.6. The molecule has 0 fully saturated rings. The maximum Gasteiger partial charge on any atom is 0.106 e. The van der Waals surface area contributed by atoms with Crippen molar-refractivity contribution >= 4 is 0 Å². The van der Waals surface area contributed by atoms with Gasteiger partial charge in [0.2, 0.25) is 0 Å². The number of hydrogen-bond acceptors (Lipinski definition) is 4. The lowest BCUT2D eigenvalue weighted by atomic mass is 10.0. The lowest BCUT2D eigenvalue weighted by Gasteiger charge is -2.15. The van der Waals surface area contributed by atoms with E-state index < -0.39 is 12.2 Å². The van der Waals surface area contributed by atoms with Crippen LogP contribution in [0, 0.1) is 22.7 Å². The van der Waals surface area contributed by atoms with Crippen LogP contribution >= 0.6 is 0 Å². The van der Waals surface area contributed by atoms with Crippen molar-refractivity contribution in [3.8, 4) is 12.1 Å². The second-order valence-electron chi connectivity index (χ2n) is 3.11. The van der Waals surface area contributed by atoms with Crippen LogP contribution in [0.25, 0.3) is 0 Å². The van der Waals surface area contributed by atoms with E-state index in [-0.39, 0.29) is 6.42 Å². The van der Waals surface area contributed by atoms with E-state index in [0.29, 0.717) is 11.1 Å². The highest BCUT2D eigenvalue weighted by Gasteiger charge is 2.17. The third-order valence-electron chi connectivity index (χ3n) is 2.02. The summed E-state index contributed by atoms with van der Waals surface area (Å²) in [5.74, 6) is 0. The number of nitriles is 2. The van der Waals surface area contributed by atoms with E-state index in [2.05, 4.69) is 0 Å². The number of nitrogens with zero attached hydrogens (tertiary/aromatic N) is 2. The van der Waals surface area contributed by atoms with Crippen molar-refractivity contribution in [1.29, 1.82) is 10.5 Å². The molecule has 4 nitrogen and oxygen atoms in total. The lowest BCUT2D eigenvalue weighted by molar-refractivity contribution is 0.0216. The number of hydrogen-bond donors (Lipinski definition) is 2. The van der Waals surface area contributed by atoms with Crippen molar-refractivity contribution in [3.05, 3.63) is 35.4 Å². The van der Waals surface area contributed by atoms with Gasteiger partial charge in [0, 0.05) is 0 Å². The molecule has 0 heterocycles. The molecule has 1 aromatic carbocycles. The van der Waals surface area contributed by atoms with Gasteiger partial charge < -0.3 is 10.2 Å². The predicted octanol–water partition coefficient (Wildman–Crippen LogP) is 0.866. The third-order valence-corrected chi connectivity index (χ3v) is 2.02. The number of rotatable bonds is 3. The Kier molecular flexibility index (Phi) is 3.82. The van der Waals surface area contributed by atoms with Crippen molar-refractivity contribution in [2.45, 2.75) is 18.6 Å². The first-order valence-electron chi connectivity index (χ1n) is 4.42. The van der Waals surface area contributed by atoms with Gasteiger partial charge in [0.05, 0.1) is 30.2 Å². The Balaban J connectivity index is 2.87. The van der Waals surface area contributed by atoms with Crippen LogP contribution in [0.5, 0.6) is 0 Å². The van der Waals surface area contributed by atoms with Gasteiger partial charge in [-0.3, -0.25) is 0 Å². The Morgan fingerprint density at radius 2 is 2.00 bits per heavy atom. The Labute approximate surface area is 87.6 Å². The van der Waals surface area contributed by atoms with E-state index in [0.717, 1.165) is 0 Å². The van der Waals surface area contributed by atoms with Crippen LogP contribution < -0.4 is 0 Å². The second kappa shape index (κ2) is 5.11. The van der Waals surface area contributed by atoms with Crippen molar-refractivity contribution in [3.63, 3.8) is 0 Å². The summed E-state index contributed by atoms with van der Waals surface area (Å²) in [7, 11) is 0. The summed E-state index contributed by atoms with van der Waals surface area (Å²) in [5.41, 5.74) is 0.854. The Morgan fingerprint density at radius 1 is 1.27 bits per heavy atom. The highest BCUT2D eigenvalue weighted by atomic mass is 16.3. The minimum absolute atomic E-state index is 0.141. The average Bonchev–Trinajstić information content (AvgIpc) is 2.28. The molecule has 0 saturated heterocycles. The van der Waals surface area contributed by atoms with Crippen molar-refractivity contribution < 1.29 is 10.2 Å². The molecule has 1 aromatic rings. The zero-order valence-corrected chi connectivity index (χ0v) is 7.96. The fourth-order valence-electron chi connectivity index (χ4n) is 1.22. The summed E-state index contributed by atoms with van der Waals surface area (Å²) in [5, 5.41) is 36.0. The zero-order chi connectivity index (χ0) is 11.3. The largest absolute Gasteiger partial charge is 0.389 e. The highest BCUT2D eigenvalue weighted by molar-refractivity contribution is 5.34. The van der Waals surface area contributed by atoms with E-state index in [1.54, 1.807) is 24.3 Å². The topological polar surface area (TPSA) is 88.0 Å². The first-order valence-corrected chi connectivity index (χ1v) is 4.42. The van der Waals surface area contributed by atoms with Crippen LogP contribution in [0.3, 0.4) is 0 Å². The Bertz CT molecular complexity index is 417. The molecule has 0 spiro atoms. The molecule has 0 aliphatic heterocycles. The first-order chi connectivity index (χ1) is 7.19. The standard InChI is InChI=1S/C11H10N2O2/c12-5-4-10(14)11(15)9-3-1-2-8(6-9)7-13/h1-3,6,10-11,14-15H,4H2. The smallest absolute Gasteiger partial charge is 0.106 e. The molecule has 1 rings (SSSR count). The maximum atomic E-state index is 9.63. The molecule has 0 amide bonds. The fourth-order valence-corrected chi connectivity index (χ4v) is 1.22. The molecule has 0 radical (unpaired) electrons. The summed E-state index contributed by atoms with van der Waals surface area (Å²) >= 11 is 0. The monoisotopic (exact) mass is 202 g/mol. The van der Waals surface area contributed by atoms with Crippen LogP contribution in [0.1, 0.15) is 23.7 Å². The molecule has 2 atom stereocenters. The van der Waals surface area contributed by atoms with Gasteiger partial charge in [0.1, 0.15) is 6.10 Å². The number of aliphatic hydroxyl groups excluding tert-OH is 2. The summed E-state index contributed by atoms with van der Waals surface area (Å²) in [6, 6.07) is 10.0. The molecule has 0 aromatic heterocycles. The fraction of sp³-hybridized carbons (Fsp3) is 0.273. The molecule has 0 aliphatic carbocycles. The van der Waals surface area contributed by atoms with E-state index in [9.17, 15) is 10.2 Å². The molecule has 76 valence electrons. The summed E-state index contributed by atoms with van der Waals surface area (Å²) in [6.07, 6.45) is -2.39. The average molecular weight is 202 g/mol. The van der Waals surface area contributed by atoms with E-state index >= 15 is 0 Å². The van der Waals surface area contributed by atoms with Crippen LogP contribution in [0.2, 0.25) is 0 Å².